The van der Waals surface area contributed by atoms with Crippen LogP contribution in [0.15, 0.2) is 56.4 Å². The number of rotatable bonds is 4. The molecule has 0 aliphatic carbocycles. The summed E-state index contributed by atoms with van der Waals surface area (Å²) in [6.07, 6.45) is 0. The van der Waals surface area contributed by atoms with Crippen LogP contribution in [-0.4, -0.2) is 10.1 Å². The Morgan fingerprint density at radius 2 is 1.89 bits per heavy atom. The number of furan rings is 1. The molecule has 94 valence electrons. The lowest BCUT2D eigenvalue weighted by Gasteiger charge is -2.10. The Hall–Kier alpha value is -1.40. The van der Waals surface area contributed by atoms with Crippen molar-refractivity contribution >= 4 is 32.6 Å². The number of hydrogen-bond donors (Lipinski definition) is 1. The number of hydrogen-bond acceptors (Lipinski definition) is 3. The van der Waals surface area contributed by atoms with E-state index in [9.17, 15) is 9.00 Å². The summed E-state index contributed by atoms with van der Waals surface area (Å²) < 4.78 is 18.1. The number of primary amides is 1. The lowest BCUT2D eigenvalue weighted by molar-refractivity contribution is -0.117. The van der Waals surface area contributed by atoms with Gasteiger partial charge in [0.15, 0.2) is 9.92 Å². The standard InChI is InChI=1S/C12H10BrNO3S/c13-10-7-6-9(17-10)11(12(14)15)18(16)8-4-2-1-3-5-8/h1-7,11H,(H2,14,15). The highest BCUT2D eigenvalue weighted by atomic mass is 79.9. The van der Waals surface area contributed by atoms with Crippen LogP contribution < -0.4 is 5.73 Å². The number of carbonyl (C=O) groups excluding carboxylic acids is 1. The number of carbonyl (C=O) groups is 1. The molecule has 2 unspecified atom stereocenters. The summed E-state index contributed by atoms with van der Waals surface area (Å²) >= 11 is 3.14. The van der Waals surface area contributed by atoms with Crippen molar-refractivity contribution in [2.24, 2.45) is 5.73 Å². The van der Waals surface area contributed by atoms with Crippen LogP contribution >= 0.6 is 15.9 Å². The maximum Gasteiger partial charge on any atom is 0.241 e. The highest BCUT2D eigenvalue weighted by Gasteiger charge is 2.29. The number of amides is 1. The smallest absolute Gasteiger partial charge is 0.241 e. The molecule has 18 heavy (non-hydrogen) atoms. The molecular formula is C12H10BrNO3S. The Kier molecular flexibility index (Phi) is 3.98. The molecule has 0 radical (unpaired) electrons. The molecular weight excluding hydrogens is 318 g/mol. The lowest BCUT2D eigenvalue weighted by Crippen LogP contribution is -2.24. The number of halogens is 1. The second-order valence-electron chi connectivity index (χ2n) is 3.53. The summed E-state index contributed by atoms with van der Waals surface area (Å²) in [4.78, 5) is 12.0. The van der Waals surface area contributed by atoms with E-state index in [1.807, 2.05) is 6.07 Å². The summed E-state index contributed by atoms with van der Waals surface area (Å²) in [5.74, 6) is -0.393. The van der Waals surface area contributed by atoms with E-state index < -0.39 is 22.0 Å². The van der Waals surface area contributed by atoms with Crippen molar-refractivity contribution in [3.05, 3.63) is 52.9 Å². The summed E-state index contributed by atoms with van der Waals surface area (Å²) in [7, 11) is -1.58. The SMILES string of the molecule is NC(=O)C(c1ccc(Br)o1)S(=O)c1ccccc1. The Morgan fingerprint density at radius 1 is 1.22 bits per heavy atom. The molecule has 6 heteroatoms. The second-order valence-corrected chi connectivity index (χ2v) is 5.85. The zero-order valence-electron chi connectivity index (χ0n) is 9.21. The van der Waals surface area contributed by atoms with Gasteiger partial charge in [-0.2, -0.15) is 0 Å². The quantitative estimate of drug-likeness (QED) is 0.936. The maximum atomic E-state index is 12.3. The first-order valence-electron chi connectivity index (χ1n) is 5.10. The molecule has 1 aromatic heterocycles. The Bertz CT molecular complexity index is 582. The van der Waals surface area contributed by atoms with Crippen LogP contribution in [0.2, 0.25) is 0 Å². The summed E-state index contributed by atoms with van der Waals surface area (Å²) in [6.45, 7) is 0. The third-order valence-corrected chi connectivity index (χ3v) is 4.36. The molecule has 1 aromatic carbocycles. The average Bonchev–Trinajstić information content (AvgIpc) is 2.76. The van der Waals surface area contributed by atoms with E-state index >= 15 is 0 Å². The summed E-state index contributed by atoms with van der Waals surface area (Å²) in [5, 5.41) is -0.987. The van der Waals surface area contributed by atoms with Gasteiger partial charge in [-0.15, -0.1) is 0 Å². The highest BCUT2D eigenvalue weighted by molar-refractivity contribution is 9.10. The van der Waals surface area contributed by atoms with Gasteiger partial charge in [-0.05, 0) is 40.2 Å². The number of nitrogens with two attached hydrogens (primary N) is 1. The van der Waals surface area contributed by atoms with Gasteiger partial charge >= 0.3 is 0 Å². The molecule has 0 saturated heterocycles. The van der Waals surface area contributed by atoms with Gasteiger partial charge in [-0.25, -0.2) is 0 Å². The molecule has 0 saturated carbocycles. The molecule has 0 spiro atoms. The topological polar surface area (TPSA) is 73.3 Å². The van der Waals surface area contributed by atoms with E-state index in [4.69, 9.17) is 10.2 Å². The largest absolute Gasteiger partial charge is 0.453 e. The molecule has 1 amide bonds. The van der Waals surface area contributed by atoms with Crippen LogP contribution in [0.1, 0.15) is 11.0 Å². The predicted octanol–water partition coefficient (Wildman–Crippen LogP) is 2.38. The highest BCUT2D eigenvalue weighted by Crippen LogP contribution is 2.28. The fraction of sp³-hybridized carbons (Fsp3) is 0.0833. The van der Waals surface area contributed by atoms with Crippen LogP contribution in [0, 0.1) is 0 Å². The van der Waals surface area contributed by atoms with E-state index in [2.05, 4.69) is 15.9 Å². The van der Waals surface area contributed by atoms with Gasteiger partial charge in [0.2, 0.25) is 5.91 Å². The van der Waals surface area contributed by atoms with Gasteiger partial charge in [0.05, 0.1) is 10.8 Å². The van der Waals surface area contributed by atoms with E-state index in [1.165, 1.54) is 0 Å². The van der Waals surface area contributed by atoms with Crippen molar-refractivity contribution in [1.82, 2.24) is 0 Å². The minimum absolute atomic E-state index is 0.288. The monoisotopic (exact) mass is 327 g/mol. The number of benzene rings is 1. The molecule has 0 aliphatic heterocycles. The third kappa shape index (κ3) is 2.70. The molecule has 4 nitrogen and oxygen atoms in total. The zero-order valence-corrected chi connectivity index (χ0v) is 11.6. The molecule has 2 rings (SSSR count). The molecule has 0 fully saturated rings. The summed E-state index contributed by atoms with van der Waals surface area (Å²) in [5.41, 5.74) is 5.31. The summed E-state index contributed by atoms with van der Waals surface area (Å²) in [6, 6.07) is 11.9. The van der Waals surface area contributed by atoms with E-state index in [-0.39, 0.29) is 5.76 Å². The molecule has 2 atom stereocenters. The Labute approximate surface area is 115 Å². The first-order chi connectivity index (χ1) is 8.59. The molecule has 0 aliphatic rings. The van der Waals surface area contributed by atoms with Crippen molar-refractivity contribution < 1.29 is 13.4 Å². The van der Waals surface area contributed by atoms with Gasteiger partial charge in [0, 0.05) is 4.90 Å². The van der Waals surface area contributed by atoms with Crippen molar-refractivity contribution in [3.8, 4) is 0 Å². The average molecular weight is 328 g/mol. The van der Waals surface area contributed by atoms with Gasteiger partial charge in [0.25, 0.3) is 0 Å². The van der Waals surface area contributed by atoms with Crippen LogP contribution in [0.4, 0.5) is 0 Å². The molecule has 1 heterocycles. The zero-order chi connectivity index (χ0) is 13.1. The lowest BCUT2D eigenvalue weighted by atomic mass is 10.3. The fourth-order valence-electron chi connectivity index (χ4n) is 1.51. The van der Waals surface area contributed by atoms with Gasteiger partial charge in [-0.3, -0.25) is 9.00 Å². The molecule has 0 bridgehead atoms. The van der Waals surface area contributed by atoms with Crippen LogP contribution in [0.3, 0.4) is 0 Å². The first kappa shape index (κ1) is 13.0. The van der Waals surface area contributed by atoms with Gasteiger partial charge < -0.3 is 10.2 Å². The Balaban J connectivity index is 2.38. The van der Waals surface area contributed by atoms with Crippen LogP contribution in [0.25, 0.3) is 0 Å². The van der Waals surface area contributed by atoms with E-state index in [1.54, 1.807) is 36.4 Å². The predicted molar refractivity (Wildman–Crippen MR) is 71.2 cm³/mol. The van der Waals surface area contributed by atoms with Crippen molar-refractivity contribution in [1.29, 1.82) is 0 Å². The normalized spacial score (nSPS) is 14.1. The third-order valence-electron chi connectivity index (χ3n) is 2.30. The van der Waals surface area contributed by atoms with Gasteiger partial charge in [-0.1, -0.05) is 18.2 Å². The molecule has 2 aromatic rings. The molecule has 2 N–H and O–H groups in total. The minimum Gasteiger partial charge on any atom is -0.453 e. The van der Waals surface area contributed by atoms with Crippen molar-refractivity contribution in [2.75, 3.05) is 0 Å². The van der Waals surface area contributed by atoms with E-state index in [0.717, 1.165) is 0 Å². The fourth-order valence-corrected chi connectivity index (χ4v) is 3.08. The van der Waals surface area contributed by atoms with Crippen molar-refractivity contribution in [2.45, 2.75) is 10.1 Å². The minimum atomic E-state index is -1.58. The first-order valence-corrected chi connectivity index (χ1v) is 7.10. The second kappa shape index (κ2) is 5.49. The van der Waals surface area contributed by atoms with Crippen LogP contribution in [0.5, 0.6) is 0 Å². The van der Waals surface area contributed by atoms with Crippen LogP contribution in [-0.2, 0) is 15.6 Å². The Morgan fingerprint density at radius 3 is 2.39 bits per heavy atom. The van der Waals surface area contributed by atoms with E-state index in [0.29, 0.717) is 9.56 Å². The van der Waals surface area contributed by atoms with Crippen molar-refractivity contribution in [3.63, 3.8) is 0 Å². The maximum absolute atomic E-state index is 12.3. The van der Waals surface area contributed by atoms with Gasteiger partial charge in [0.1, 0.15) is 5.76 Å².